The van der Waals surface area contributed by atoms with E-state index in [2.05, 4.69) is 20.5 Å². The van der Waals surface area contributed by atoms with Crippen molar-refractivity contribution in [3.05, 3.63) is 12.1 Å². The van der Waals surface area contributed by atoms with Crippen molar-refractivity contribution in [1.29, 1.82) is 0 Å². The number of ether oxygens (including phenoxy) is 2. The Balaban J connectivity index is 1.66. The van der Waals surface area contributed by atoms with Crippen molar-refractivity contribution in [1.82, 2.24) is 25.2 Å². The molecule has 19 heavy (non-hydrogen) atoms. The van der Waals surface area contributed by atoms with Crippen molar-refractivity contribution in [2.75, 3.05) is 33.0 Å². The summed E-state index contributed by atoms with van der Waals surface area (Å²) in [5, 5.41) is 11.8. The van der Waals surface area contributed by atoms with Crippen molar-refractivity contribution >= 4 is 11.0 Å². The molecule has 1 aromatic heterocycles. The summed E-state index contributed by atoms with van der Waals surface area (Å²) in [6.07, 6.45) is 0. The lowest BCUT2D eigenvalue weighted by Crippen LogP contribution is -2.44. The SMILES string of the molecule is c1c2c(cc3c1nnn3CN1CCNCC1)OCO2. The van der Waals surface area contributed by atoms with Crippen LogP contribution < -0.4 is 14.8 Å². The van der Waals surface area contributed by atoms with Gasteiger partial charge in [0.05, 0.1) is 12.2 Å². The molecular formula is C12H15N5O2. The number of benzene rings is 1. The van der Waals surface area contributed by atoms with Gasteiger partial charge in [-0.2, -0.15) is 0 Å². The van der Waals surface area contributed by atoms with Crippen LogP contribution in [0.3, 0.4) is 0 Å². The van der Waals surface area contributed by atoms with Gasteiger partial charge in [-0.15, -0.1) is 5.10 Å². The minimum Gasteiger partial charge on any atom is -0.454 e. The molecule has 0 atom stereocenters. The van der Waals surface area contributed by atoms with E-state index in [1.165, 1.54) is 0 Å². The van der Waals surface area contributed by atoms with Gasteiger partial charge in [0, 0.05) is 38.3 Å². The Hall–Kier alpha value is -1.86. The number of fused-ring (bicyclic) bond motifs is 2. The van der Waals surface area contributed by atoms with Crippen molar-refractivity contribution in [3.63, 3.8) is 0 Å². The largest absolute Gasteiger partial charge is 0.454 e. The first-order valence-electron chi connectivity index (χ1n) is 6.46. The van der Waals surface area contributed by atoms with Gasteiger partial charge in [-0.25, -0.2) is 4.68 Å². The minimum atomic E-state index is 0.285. The van der Waals surface area contributed by atoms with Gasteiger partial charge in [0.15, 0.2) is 11.5 Å². The molecule has 4 rings (SSSR count). The lowest BCUT2D eigenvalue weighted by molar-refractivity contribution is 0.173. The zero-order valence-corrected chi connectivity index (χ0v) is 10.5. The summed E-state index contributed by atoms with van der Waals surface area (Å²) in [6, 6.07) is 3.85. The van der Waals surface area contributed by atoms with Crippen LogP contribution in [0.1, 0.15) is 0 Å². The maximum atomic E-state index is 5.41. The number of nitrogens with one attached hydrogen (secondary N) is 1. The van der Waals surface area contributed by atoms with Crippen LogP contribution in [0.25, 0.3) is 11.0 Å². The number of piperazine rings is 1. The Kier molecular flexibility index (Phi) is 2.52. The number of hydrogen-bond acceptors (Lipinski definition) is 6. The van der Waals surface area contributed by atoms with Gasteiger partial charge in [0.2, 0.25) is 6.79 Å². The first-order chi connectivity index (χ1) is 9.40. The van der Waals surface area contributed by atoms with Gasteiger partial charge < -0.3 is 14.8 Å². The first-order valence-corrected chi connectivity index (χ1v) is 6.46. The van der Waals surface area contributed by atoms with Crippen LogP contribution in [-0.4, -0.2) is 52.9 Å². The van der Waals surface area contributed by atoms with Crippen molar-refractivity contribution in [3.8, 4) is 11.5 Å². The Morgan fingerprint density at radius 2 is 1.95 bits per heavy atom. The van der Waals surface area contributed by atoms with Crippen LogP contribution in [0.4, 0.5) is 0 Å². The van der Waals surface area contributed by atoms with Gasteiger partial charge >= 0.3 is 0 Å². The van der Waals surface area contributed by atoms with Crippen molar-refractivity contribution < 1.29 is 9.47 Å². The van der Waals surface area contributed by atoms with Gasteiger partial charge in [0.25, 0.3) is 0 Å². The minimum absolute atomic E-state index is 0.285. The number of aromatic nitrogens is 3. The highest BCUT2D eigenvalue weighted by Gasteiger charge is 2.18. The fourth-order valence-corrected chi connectivity index (χ4v) is 2.50. The maximum Gasteiger partial charge on any atom is 0.231 e. The second kappa shape index (κ2) is 4.36. The maximum absolute atomic E-state index is 5.41. The Labute approximate surface area is 110 Å². The third-order valence-corrected chi connectivity index (χ3v) is 3.55. The molecular weight excluding hydrogens is 246 g/mol. The summed E-state index contributed by atoms with van der Waals surface area (Å²) in [5.41, 5.74) is 1.84. The summed E-state index contributed by atoms with van der Waals surface area (Å²) in [4.78, 5) is 2.36. The fourth-order valence-electron chi connectivity index (χ4n) is 2.50. The Morgan fingerprint density at radius 3 is 2.79 bits per heavy atom. The van der Waals surface area contributed by atoms with Crippen molar-refractivity contribution in [2.45, 2.75) is 6.67 Å². The van der Waals surface area contributed by atoms with Crippen LogP contribution in [0.2, 0.25) is 0 Å². The van der Waals surface area contributed by atoms with E-state index < -0.39 is 0 Å². The zero-order valence-electron chi connectivity index (χ0n) is 10.5. The summed E-state index contributed by atoms with van der Waals surface area (Å²) in [5.74, 6) is 1.53. The quantitative estimate of drug-likeness (QED) is 0.822. The van der Waals surface area contributed by atoms with Gasteiger partial charge in [-0.05, 0) is 0 Å². The molecule has 100 valence electrons. The summed E-state index contributed by atoms with van der Waals surface area (Å²) in [6.45, 7) is 5.17. The summed E-state index contributed by atoms with van der Waals surface area (Å²) < 4.78 is 12.7. The lowest BCUT2D eigenvalue weighted by atomic mass is 10.2. The van der Waals surface area contributed by atoms with Crippen LogP contribution in [0.15, 0.2) is 12.1 Å². The monoisotopic (exact) mass is 261 g/mol. The second-order valence-corrected chi connectivity index (χ2v) is 4.79. The van der Waals surface area contributed by atoms with Gasteiger partial charge in [-0.1, -0.05) is 5.21 Å². The molecule has 0 aliphatic carbocycles. The van der Waals surface area contributed by atoms with E-state index in [1.807, 2.05) is 16.8 Å². The van der Waals surface area contributed by atoms with E-state index in [9.17, 15) is 0 Å². The molecule has 0 radical (unpaired) electrons. The Bertz CT molecular complexity index is 605. The molecule has 0 bridgehead atoms. The van der Waals surface area contributed by atoms with Crippen LogP contribution in [0.5, 0.6) is 11.5 Å². The second-order valence-electron chi connectivity index (χ2n) is 4.79. The van der Waals surface area contributed by atoms with E-state index in [4.69, 9.17) is 9.47 Å². The van der Waals surface area contributed by atoms with E-state index in [1.54, 1.807) is 0 Å². The molecule has 1 aromatic carbocycles. The standard InChI is InChI=1S/C12H15N5O2/c1-3-16(4-2-13-1)7-17-10-6-12-11(18-8-19-12)5-9(10)14-15-17/h5-6,13H,1-4,7-8H2. The average molecular weight is 261 g/mol. The average Bonchev–Trinajstić information content (AvgIpc) is 3.05. The number of nitrogens with zero attached hydrogens (tertiary/aromatic N) is 4. The lowest BCUT2D eigenvalue weighted by Gasteiger charge is -2.26. The molecule has 1 saturated heterocycles. The first kappa shape index (κ1) is 11.0. The summed E-state index contributed by atoms with van der Waals surface area (Å²) >= 11 is 0. The van der Waals surface area contributed by atoms with E-state index in [-0.39, 0.29) is 6.79 Å². The van der Waals surface area contributed by atoms with Crippen LogP contribution in [0, 0.1) is 0 Å². The van der Waals surface area contributed by atoms with E-state index in [0.717, 1.165) is 55.4 Å². The molecule has 2 aliphatic heterocycles. The molecule has 1 fully saturated rings. The predicted octanol–water partition coefficient (Wildman–Crippen LogP) is 0.0227. The topological polar surface area (TPSA) is 64.4 Å². The summed E-state index contributed by atoms with van der Waals surface area (Å²) in [7, 11) is 0. The third kappa shape index (κ3) is 1.91. The molecule has 3 heterocycles. The molecule has 0 spiro atoms. The molecule has 0 saturated carbocycles. The van der Waals surface area contributed by atoms with Crippen molar-refractivity contribution in [2.24, 2.45) is 0 Å². The molecule has 7 heteroatoms. The Morgan fingerprint density at radius 1 is 1.16 bits per heavy atom. The highest BCUT2D eigenvalue weighted by atomic mass is 16.7. The smallest absolute Gasteiger partial charge is 0.231 e. The van der Waals surface area contributed by atoms with E-state index in [0.29, 0.717) is 0 Å². The molecule has 1 N–H and O–H groups in total. The van der Waals surface area contributed by atoms with E-state index >= 15 is 0 Å². The number of hydrogen-bond donors (Lipinski definition) is 1. The molecule has 0 unspecified atom stereocenters. The molecule has 0 amide bonds. The third-order valence-electron chi connectivity index (χ3n) is 3.55. The highest BCUT2D eigenvalue weighted by molar-refractivity contribution is 5.79. The predicted molar refractivity (Wildman–Crippen MR) is 68.1 cm³/mol. The van der Waals surface area contributed by atoms with Crippen LogP contribution >= 0.6 is 0 Å². The normalized spacial score (nSPS) is 19.2. The fraction of sp³-hybridized carbons (Fsp3) is 0.500. The molecule has 2 aromatic rings. The van der Waals surface area contributed by atoms with Gasteiger partial charge in [-0.3, -0.25) is 4.90 Å². The number of rotatable bonds is 2. The van der Waals surface area contributed by atoms with Gasteiger partial charge in [0.1, 0.15) is 5.52 Å². The highest BCUT2D eigenvalue weighted by Crippen LogP contribution is 2.35. The molecule has 7 nitrogen and oxygen atoms in total. The molecule has 2 aliphatic rings. The zero-order chi connectivity index (χ0) is 12.7. The van der Waals surface area contributed by atoms with Crippen LogP contribution in [-0.2, 0) is 6.67 Å².